The van der Waals surface area contributed by atoms with Crippen molar-refractivity contribution in [3.63, 3.8) is 0 Å². The number of hydrogen-bond donors (Lipinski definition) is 1. The van der Waals surface area contributed by atoms with Crippen molar-refractivity contribution >= 4 is 0 Å². The summed E-state index contributed by atoms with van der Waals surface area (Å²) in [6.45, 7) is 7.11. The van der Waals surface area contributed by atoms with Gasteiger partial charge in [0, 0.05) is 19.6 Å². The molecule has 0 spiro atoms. The lowest BCUT2D eigenvalue weighted by atomic mass is 9.89. The molecule has 0 unspecified atom stereocenters. The number of likely N-dealkylation sites (N-methyl/N-ethyl adjacent to an activating group) is 1. The summed E-state index contributed by atoms with van der Waals surface area (Å²) in [7, 11) is 2.27. The van der Waals surface area contributed by atoms with Gasteiger partial charge in [0.25, 0.3) is 0 Å². The highest BCUT2D eigenvalue weighted by Gasteiger charge is 2.14. The molecule has 1 fully saturated rings. The molecule has 1 rings (SSSR count). The van der Waals surface area contributed by atoms with Gasteiger partial charge in [0.1, 0.15) is 0 Å². The van der Waals surface area contributed by atoms with Crippen LogP contribution in [0.5, 0.6) is 0 Å². The Morgan fingerprint density at radius 3 is 2.56 bits per heavy atom. The fourth-order valence-corrected chi connectivity index (χ4v) is 2.60. The molecule has 1 aliphatic carbocycles. The molecular formula is C14H30N2. The van der Waals surface area contributed by atoms with E-state index in [9.17, 15) is 0 Å². The van der Waals surface area contributed by atoms with Crippen molar-refractivity contribution in [1.82, 2.24) is 10.2 Å². The summed E-state index contributed by atoms with van der Waals surface area (Å²) in [4.78, 5) is 2.51. The lowest BCUT2D eigenvalue weighted by Gasteiger charge is -2.27. The first-order valence-electron chi connectivity index (χ1n) is 7.22. The van der Waals surface area contributed by atoms with Gasteiger partial charge in [-0.25, -0.2) is 0 Å². The number of nitrogens with one attached hydrogen (secondary N) is 1. The Balaban J connectivity index is 1.95. The van der Waals surface area contributed by atoms with Crippen molar-refractivity contribution < 1.29 is 0 Å². The Morgan fingerprint density at radius 1 is 1.12 bits per heavy atom. The molecule has 1 aliphatic rings. The Morgan fingerprint density at radius 2 is 1.88 bits per heavy atom. The molecule has 16 heavy (non-hydrogen) atoms. The van der Waals surface area contributed by atoms with Gasteiger partial charge in [0.15, 0.2) is 0 Å². The average Bonchev–Trinajstić information content (AvgIpc) is 2.30. The summed E-state index contributed by atoms with van der Waals surface area (Å²) >= 11 is 0. The van der Waals surface area contributed by atoms with Crippen LogP contribution in [0.25, 0.3) is 0 Å². The Bertz CT molecular complexity index is 153. The smallest absolute Gasteiger partial charge is 0.0104 e. The molecule has 2 nitrogen and oxygen atoms in total. The number of unbranched alkanes of at least 4 members (excludes halogenated alkanes) is 1. The monoisotopic (exact) mass is 226 g/mol. The number of nitrogens with zero attached hydrogens (tertiary/aromatic N) is 1. The fourth-order valence-electron chi connectivity index (χ4n) is 2.60. The average molecular weight is 226 g/mol. The minimum absolute atomic E-state index is 0.981. The molecule has 1 N–H and O–H groups in total. The van der Waals surface area contributed by atoms with Gasteiger partial charge in [-0.3, -0.25) is 0 Å². The second kappa shape index (κ2) is 9.00. The first-order valence-corrected chi connectivity index (χ1v) is 7.22. The highest BCUT2D eigenvalue weighted by atomic mass is 15.1. The Labute approximate surface area is 102 Å². The van der Waals surface area contributed by atoms with Crippen LogP contribution in [0.1, 0.15) is 51.9 Å². The minimum atomic E-state index is 0.981. The molecular weight excluding hydrogens is 196 g/mol. The predicted octanol–water partition coefficient (Wildman–Crippen LogP) is 2.89. The van der Waals surface area contributed by atoms with Gasteiger partial charge in [-0.05, 0) is 38.8 Å². The van der Waals surface area contributed by atoms with Gasteiger partial charge in [-0.15, -0.1) is 0 Å². The van der Waals surface area contributed by atoms with Crippen molar-refractivity contribution in [3.8, 4) is 0 Å². The topological polar surface area (TPSA) is 15.3 Å². The van der Waals surface area contributed by atoms with E-state index >= 15 is 0 Å². The zero-order valence-corrected chi connectivity index (χ0v) is 11.3. The van der Waals surface area contributed by atoms with Gasteiger partial charge in [-0.1, -0.05) is 32.6 Å². The highest BCUT2D eigenvalue weighted by molar-refractivity contribution is 4.69. The van der Waals surface area contributed by atoms with Crippen molar-refractivity contribution in [2.75, 3.05) is 33.2 Å². The molecule has 0 heterocycles. The van der Waals surface area contributed by atoms with Gasteiger partial charge in [-0.2, -0.15) is 0 Å². The number of hydrogen-bond acceptors (Lipinski definition) is 2. The zero-order chi connectivity index (χ0) is 11.6. The van der Waals surface area contributed by atoms with Crippen LogP contribution < -0.4 is 5.32 Å². The molecule has 0 radical (unpaired) electrons. The van der Waals surface area contributed by atoms with Gasteiger partial charge >= 0.3 is 0 Å². The third-order valence-corrected chi connectivity index (χ3v) is 3.67. The number of rotatable bonds is 8. The zero-order valence-electron chi connectivity index (χ0n) is 11.3. The standard InChI is InChI=1S/C14H30N2/c1-3-4-10-15-11-12-16(2)13-14-8-6-5-7-9-14/h14-15H,3-13H2,1-2H3. The Kier molecular flexibility index (Phi) is 7.87. The molecule has 0 aliphatic heterocycles. The first kappa shape index (κ1) is 14.0. The second-order valence-corrected chi connectivity index (χ2v) is 5.37. The van der Waals surface area contributed by atoms with Crippen molar-refractivity contribution in [2.24, 2.45) is 5.92 Å². The SMILES string of the molecule is CCCCNCCN(C)CC1CCCCC1. The third-order valence-electron chi connectivity index (χ3n) is 3.67. The van der Waals surface area contributed by atoms with Crippen molar-refractivity contribution in [2.45, 2.75) is 51.9 Å². The van der Waals surface area contributed by atoms with Crippen LogP contribution in [0.3, 0.4) is 0 Å². The fraction of sp³-hybridized carbons (Fsp3) is 1.00. The molecule has 0 aromatic rings. The highest BCUT2D eigenvalue weighted by Crippen LogP contribution is 2.23. The van der Waals surface area contributed by atoms with Crippen molar-refractivity contribution in [3.05, 3.63) is 0 Å². The lowest BCUT2D eigenvalue weighted by Crippen LogP contribution is -2.33. The molecule has 0 bridgehead atoms. The quantitative estimate of drug-likeness (QED) is 0.640. The van der Waals surface area contributed by atoms with Crippen LogP contribution in [0.15, 0.2) is 0 Å². The van der Waals surface area contributed by atoms with E-state index in [0.717, 1.165) is 12.5 Å². The Hall–Kier alpha value is -0.0800. The van der Waals surface area contributed by atoms with E-state index in [0.29, 0.717) is 0 Å². The van der Waals surface area contributed by atoms with Crippen LogP contribution in [0, 0.1) is 5.92 Å². The summed E-state index contributed by atoms with van der Waals surface area (Å²) < 4.78 is 0. The van der Waals surface area contributed by atoms with E-state index in [4.69, 9.17) is 0 Å². The molecule has 1 saturated carbocycles. The van der Waals surface area contributed by atoms with E-state index in [1.807, 2.05) is 0 Å². The first-order chi connectivity index (χ1) is 7.83. The molecule has 0 aromatic carbocycles. The minimum Gasteiger partial charge on any atom is -0.315 e. The van der Waals surface area contributed by atoms with E-state index in [-0.39, 0.29) is 0 Å². The maximum absolute atomic E-state index is 3.51. The maximum Gasteiger partial charge on any atom is 0.0104 e. The van der Waals surface area contributed by atoms with E-state index < -0.39 is 0 Å². The maximum atomic E-state index is 3.51. The van der Waals surface area contributed by atoms with Crippen LogP contribution in [-0.2, 0) is 0 Å². The third kappa shape index (κ3) is 6.49. The van der Waals surface area contributed by atoms with Crippen LogP contribution >= 0.6 is 0 Å². The van der Waals surface area contributed by atoms with Gasteiger partial charge < -0.3 is 10.2 Å². The summed E-state index contributed by atoms with van der Waals surface area (Å²) in [6, 6.07) is 0. The van der Waals surface area contributed by atoms with E-state index in [1.165, 1.54) is 64.6 Å². The largest absolute Gasteiger partial charge is 0.315 e. The van der Waals surface area contributed by atoms with E-state index in [2.05, 4.69) is 24.2 Å². The van der Waals surface area contributed by atoms with Gasteiger partial charge in [0.05, 0.1) is 0 Å². The molecule has 0 atom stereocenters. The van der Waals surface area contributed by atoms with Crippen molar-refractivity contribution in [1.29, 1.82) is 0 Å². The molecule has 0 aromatic heterocycles. The van der Waals surface area contributed by atoms with Crippen LogP contribution in [-0.4, -0.2) is 38.1 Å². The molecule has 0 amide bonds. The normalized spacial score (nSPS) is 18.2. The predicted molar refractivity (Wildman–Crippen MR) is 71.8 cm³/mol. The van der Waals surface area contributed by atoms with Crippen LogP contribution in [0.4, 0.5) is 0 Å². The molecule has 0 saturated heterocycles. The summed E-state index contributed by atoms with van der Waals surface area (Å²) in [5, 5.41) is 3.51. The summed E-state index contributed by atoms with van der Waals surface area (Å²) in [6.07, 6.45) is 9.94. The summed E-state index contributed by atoms with van der Waals surface area (Å²) in [5.41, 5.74) is 0. The van der Waals surface area contributed by atoms with E-state index in [1.54, 1.807) is 0 Å². The molecule has 96 valence electrons. The lowest BCUT2D eigenvalue weighted by molar-refractivity contribution is 0.233. The molecule has 2 heteroatoms. The van der Waals surface area contributed by atoms with Gasteiger partial charge in [0.2, 0.25) is 0 Å². The second-order valence-electron chi connectivity index (χ2n) is 5.37. The van der Waals surface area contributed by atoms with Crippen LogP contribution in [0.2, 0.25) is 0 Å². The summed E-state index contributed by atoms with van der Waals surface area (Å²) in [5.74, 6) is 0.981.